The number of nitrogens with zero attached hydrogens (tertiary/aromatic N) is 1. The van der Waals surface area contributed by atoms with Crippen LogP contribution in [0.4, 0.5) is 4.79 Å². The van der Waals surface area contributed by atoms with Crippen LogP contribution in [0, 0.1) is 0 Å². The standard InChI is InChI=1S/C15H30NO7P/c1-6-21-24(19,22-7-2)9-8-20-13-11-16(10-12(13)17)14(18)23-15(3,4)5/h12-13,17H,6-11H2,1-5H3/t12-,13-/m1/s1. The highest BCUT2D eigenvalue weighted by atomic mass is 31.2. The molecule has 0 radical (unpaired) electrons. The number of likely N-dealkylation sites (tertiary alicyclic amines) is 1. The number of aliphatic hydroxyl groups excluding tert-OH is 1. The van der Waals surface area contributed by atoms with Gasteiger partial charge in [-0.05, 0) is 34.6 Å². The van der Waals surface area contributed by atoms with E-state index in [1.54, 1.807) is 34.6 Å². The van der Waals surface area contributed by atoms with Crippen LogP contribution < -0.4 is 0 Å². The second kappa shape index (κ2) is 9.15. The van der Waals surface area contributed by atoms with Gasteiger partial charge in [0.25, 0.3) is 0 Å². The van der Waals surface area contributed by atoms with Crippen molar-refractivity contribution in [2.45, 2.75) is 52.4 Å². The highest BCUT2D eigenvalue weighted by Gasteiger charge is 2.37. The van der Waals surface area contributed by atoms with Gasteiger partial charge in [0.05, 0.1) is 45.2 Å². The lowest BCUT2D eigenvalue weighted by atomic mass is 10.2. The second-order valence-electron chi connectivity index (χ2n) is 6.53. The van der Waals surface area contributed by atoms with Gasteiger partial charge >= 0.3 is 13.7 Å². The number of amides is 1. The minimum atomic E-state index is -3.17. The first-order valence-corrected chi connectivity index (χ1v) is 9.98. The molecule has 8 nitrogen and oxygen atoms in total. The lowest BCUT2D eigenvalue weighted by molar-refractivity contribution is -0.00375. The molecule has 0 saturated carbocycles. The normalized spacial score (nSPS) is 22.0. The van der Waals surface area contributed by atoms with Crippen molar-refractivity contribution in [2.75, 3.05) is 39.1 Å². The van der Waals surface area contributed by atoms with Crippen LogP contribution in [0.5, 0.6) is 0 Å². The summed E-state index contributed by atoms with van der Waals surface area (Å²) in [6.07, 6.45) is -1.74. The average molecular weight is 367 g/mol. The fourth-order valence-electron chi connectivity index (χ4n) is 2.27. The third-order valence-corrected chi connectivity index (χ3v) is 5.27. The molecule has 0 aromatic heterocycles. The molecule has 1 N–H and O–H groups in total. The van der Waals surface area contributed by atoms with Crippen LogP contribution in [0.2, 0.25) is 0 Å². The molecule has 0 spiro atoms. The van der Waals surface area contributed by atoms with E-state index in [1.807, 2.05) is 0 Å². The predicted octanol–water partition coefficient (Wildman–Crippen LogP) is 2.25. The molecule has 1 saturated heterocycles. The Morgan fingerprint density at radius 1 is 1.21 bits per heavy atom. The molecule has 1 rings (SSSR count). The van der Waals surface area contributed by atoms with Crippen molar-refractivity contribution < 1.29 is 33.0 Å². The van der Waals surface area contributed by atoms with Gasteiger partial charge in [0, 0.05) is 0 Å². The first-order chi connectivity index (χ1) is 11.1. The molecule has 2 atom stereocenters. The summed E-state index contributed by atoms with van der Waals surface area (Å²) in [6, 6.07) is 0. The number of ether oxygens (including phenoxy) is 2. The summed E-state index contributed by atoms with van der Waals surface area (Å²) < 4.78 is 33.5. The summed E-state index contributed by atoms with van der Waals surface area (Å²) in [4.78, 5) is 13.4. The third kappa shape index (κ3) is 7.07. The molecule has 1 amide bonds. The van der Waals surface area contributed by atoms with Crippen molar-refractivity contribution in [3.63, 3.8) is 0 Å². The first-order valence-electron chi connectivity index (χ1n) is 8.26. The first kappa shape index (κ1) is 21.4. The third-order valence-electron chi connectivity index (χ3n) is 3.24. The Labute approximate surface area is 143 Å². The maximum atomic E-state index is 12.3. The molecule has 0 aliphatic carbocycles. The van der Waals surface area contributed by atoms with Gasteiger partial charge in [0.15, 0.2) is 0 Å². The summed E-state index contributed by atoms with van der Waals surface area (Å²) >= 11 is 0. The molecule has 0 aromatic carbocycles. The number of hydrogen-bond donors (Lipinski definition) is 1. The van der Waals surface area contributed by atoms with Crippen molar-refractivity contribution in [2.24, 2.45) is 0 Å². The van der Waals surface area contributed by atoms with E-state index in [1.165, 1.54) is 4.90 Å². The van der Waals surface area contributed by atoms with Crippen LogP contribution in [-0.2, 0) is 23.1 Å². The van der Waals surface area contributed by atoms with Crippen LogP contribution in [0.1, 0.15) is 34.6 Å². The van der Waals surface area contributed by atoms with E-state index in [-0.39, 0.29) is 39.1 Å². The van der Waals surface area contributed by atoms with E-state index < -0.39 is 31.5 Å². The Hall–Kier alpha value is -0.660. The van der Waals surface area contributed by atoms with Gasteiger partial charge in [-0.2, -0.15) is 0 Å². The Bertz CT molecular complexity index is 442. The number of aliphatic hydroxyl groups is 1. The highest BCUT2D eigenvalue weighted by molar-refractivity contribution is 7.53. The average Bonchev–Trinajstić information content (AvgIpc) is 2.79. The Morgan fingerprint density at radius 2 is 1.79 bits per heavy atom. The van der Waals surface area contributed by atoms with Crippen molar-refractivity contribution in [1.29, 1.82) is 0 Å². The lowest BCUT2D eigenvalue weighted by Gasteiger charge is -2.24. The van der Waals surface area contributed by atoms with Crippen molar-refractivity contribution in [1.82, 2.24) is 4.90 Å². The molecule has 1 fully saturated rings. The van der Waals surface area contributed by atoms with E-state index in [4.69, 9.17) is 18.5 Å². The number of carbonyl (C=O) groups is 1. The monoisotopic (exact) mass is 367 g/mol. The van der Waals surface area contributed by atoms with Crippen molar-refractivity contribution in [3.8, 4) is 0 Å². The highest BCUT2D eigenvalue weighted by Crippen LogP contribution is 2.47. The molecule has 1 aliphatic heterocycles. The van der Waals surface area contributed by atoms with Crippen LogP contribution in [0.3, 0.4) is 0 Å². The van der Waals surface area contributed by atoms with Gasteiger partial charge < -0.3 is 28.5 Å². The number of hydrogen-bond acceptors (Lipinski definition) is 7. The molecular formula is C15H30NO7P. The Kier molecular flexibility index (Phi) is 8.15. The van der Waals surface area contributed by atoms with E-state index in [0.29, 0.717) is 0 Å². The van der Waals surface area contributed by atoms with Crippen LogP contribution in [0.25, 0.3) is 0 Å². The quantitative estimate of drug-likeness (QED) is 0.658. The SMILES string of the molecule is CCOP(=O)(CCO[C@@H]1CN(C(=O)OC(C)(C)C)C[C@H]1O)OCC. The smallest absolute Gasteiger partial charge is 0.410 e. The Morgan fingerprint density at radius 3 is 2.29 bits per heavy atom. The molecule has 9 heteroatoms. The van der Waals surface area contributed by atoms with E-state index in [2.05, 4.69) is 0 Å². The topological polar surface area (TPSA) is 94.5 Å². The fourth-order valence-corrected chi connectivity index (χ4v) is 3.72. The van der Waals surface area contributed by atoms with Gasteiger partial charge in [0.2, 0.25) is 0 Å². The van der Waals surface area contributed by atoms with Crippen molar-refractivity contribution >= 4 is 13.7 Å². The number of rotatable bonds is 8. The minimum Gasteiger partial charge on any atom is -0.444 e. The van der Waals surface area contributed by atoms with Crippen molar-refractivity contribution in [3.05, 3.63) is 0 Å². The Balaban J connectivity index is 2.46. The van der Waals surface area contributed by atoms with Gasteiger partial charge in [-0.1, -0.05) is 0 Å². The largest absolute Gasteiger partial charge is 0.444 e. The molecular weight excluding hydrogens is 337 g/mol. The van der Waals surface area contributed by atoms with Gasteiger partial charge in [-0.15, -0.1) is 0 Å². The summed E-state index contributed by atoms with van der Waals surface area (Å²) in [5.41, 5.74) is -0.595. The molecule has 0 bridgehead atoms. The summed E-state index contributed by atoms with van der Waals surface area (Å²) in [5, 5.41) is 10.0. The summed E-state index contributed by atoms with van der Waals surface area (Å²) in [7, 11) is -3.17. The van der Waals surface area contributed by atoms with Gasteiger partial charge in [-0.25, -0.2) is 4.79 Å². The zero-order chi connectivity index (χ0) is 18.4. The van der Waals surface area contributed by atoms with E-state index in [9.17, 15) is 14.5 Å². The van der Waals surface area contributed by atoms with Crippen LogP contribution in [-0.4, -0.2) is 73.0 Å². The van der Waals surface area contributed by atoms with Gasteiger partial charge in [0.1, 0.15) is 11.7 Å². The minimum absolute atomic E-state index is 0.102. The molecule has 1 aliphatic rings. The summed E-state index contributed by atoms with van der Waals surface area (Å²) in [6.45, 7) is 9.89. The van der Waals surface area contributed by atoms with E-state index >= 15 is 0 Å². The maximum Gasteiger partial charge on any atom is 0.410 e. The zero-order valence-corrected chi connectivity index (χ0v) is 16.1. The molecule has 1 heterocycles. The predicted molar refractivity (Wildman–Crippen MR) is 89.3 cm³/mol. The molecule has 0 unspecified atom stereocenters. The van der Waals surface area contributed by atoms with Crippen LogP contribution in [0.15, 0.2) is 0 Å². The lowest BCUT2D eigenvalue weighted by Crippen LogP contribution is -2.36. The van der Waals surface area contributed by atoms with Crippen LogP contribution >= 0.6 is 7.60 Å². The second-order valence-corrected chi connectivity index (χ2v) is 8.72. The van der Waals surface area contributed by atoms with E-state index in [0.717, 1.165) is 0 Å². The molecule has 0 aromatic rings. The maximum absolute atomic E-state index is 12.3. The molecule has 24 heavy (non-hydrogen) atoms. The fraction of sp³-hybridized carbons (Fsp3) is 0.933. The number of carbonyl (C=O) groups excluding carboxylic acids is 1. The number of β-amino-alcohol motifs (C(OH)–C–C–N with tert-alkyl or cyclic N) is 1. The molecule has 142 valence electrons. The van der Waals surface area contributed by atoms with Gasteiger partial charge in [-0.3, -0.25) is 4.57 Å². The zero-order valence-electron chi connectivity index (χ0n) is 15.2. The summed E-state index contributed by atoms with van der Waals surface area (Å²) in [5.74, 6) is 0.